The van der Waals surface area contributed by atoms with Gasteiger partial charge in [-0.05, 0) is 19.9 Å². The predicted octanol–water partition coefficient (Wildman–Crippen LogP) is 1.12. The van der Waals surface area contributed by atoms with Crippen LogP contribution in [0.15, 0.2) is 11.2 Å². The Balaban J connectivity index is 2.47. The van der Waals surface area contributed by atoms with Gasteiger partial charge < -0.3 is 10.0 Å². The lowest BCUT2D eigenvalue weighted by molar-refractivity contribution is -0.137. The zero-order valence-corrected chi connectivity index (χ0v) is 12.0. The summed E-state index contributed by atoms with van der Waals surface area (Å²) in [6.45, 7) is 3.96. The van der Waals surface area contributed by atoms with Crippen molar-refractivity contribution >= 4 is 23.6 Å². The molecule has 0 spiro atoms. The third kappa shape index (κ3) is 5.69. The van der Waals surface area contributed by atoms with E-state index >= 15 is 0 Å². The molecule has 0 aliphatic rings. The molecule has 7 heteroatoms. The standard InChI is InChI=1S/C12H17N3O3S/c1-8-6-9(2)14-12(13-8)19-7-10(16)15(3)5-4-11(17)18/h6H,4-5,7H2,1-3H3,(H,17,18). The number of hydrogen-bond acceptors (Lipinski definition) is 5. The van der Waals surface area contributed by atoms with Crippen molar-refractivity contribution in [1.82, 2.24) is 14.9 Å². The predicted molar refractivity (Wildman–Crippen MR) is 72.1 cm³/mol. The number of aliphatic carboxylic acids is 1. The van der Waals surface area contributed by atoms with Crippen LogP contribution in [0, 0.1) is 13.8 Å². The van der Waals surface area contributed by atoms with Crippen molar-refractivity contribution in [1.29, 1.82) is 0 Å². The van der Waals surface area contributed by atoms with Crippen LogP contribution < -0.4 is 0 Å². The molecule has 1 heterocycles. The summed E-state index contributed by atoms with van der Waals surface area (Å²) in [5, 5.41) is 9.12. The Morgan fingerprint density at radius 2 is 1.89 bits per heavy atom. The van der Waals surface area contributed by atoms with Crippen LogP contribution >= 0.6 is 11.8 Å². The zero-order chi connectivity index (χ0) is 14.4. The van der Waals surface area contributed by atoms with E-state index in [0.29, 0.717) is 5.16 Å². The highest BCUT2D eigenvalue weighted by Gasteiger charge is 2.12. The molecule has 0 saturated carbocycles. The molecule has 0 saturated heterocycles. The summed E-state index contributed by atoms with van der Waals surface area (Å²) in [6, 6.07) is 1.87. The summed E-state index contributed by atoms with van der Waals surface area (Å²) < 4.78 is 0. The van der Waals surface area contributed by atoms with Gasteiger partial charge in [-0.3, -0.25) is 9.59 Å². The molecular formula is C12H17N3O3S. The molecule has 0 atom stereocenters. The number of carbonyl (C=O) groups excluding carboxylic acids is 1. The van der Waals surface area contributed by atoms with E-state index in [9.17, 15) is 9.59 Å². The first-order valence-corrected chi connectivity index (χ1v) is 6.78. The number of thioether (sulfide) groups is 1. The number of rotatable bonds is 6. The van der Waals surface area contributed by atoms with Crippen LogP contribution in [0.5, 0.6) is 0 Å². The summed E-state index contributed by atoms with van der Waals surface area (Å²) >= 11 is 1.26. The average Bonchev–Trinajstić information content (AvgIpc) is 2.31. The lowest BCUT2D eigenvalue weighted by Crippen LogP contribution is -2.30. The molecule has 1 N–H and O–H groups in total. The molecule has 0 aliphatic heterocycles. The van der Waals surface area contributed by atoms with Gasteiger partial charge in [-0.2, -0.15) is 0 Å². The number of carboxylic acids is 1. The monoisotopic (exact) mass is 283 g/mol. The minimum atomic E-state index is -0.912. The smallest absolute Gasteiger partial charge is 0.305 e. The third-order valence-electron chi connectivity index (χ3n) is 2.37. The SMILES string of the molecule is Cc1cc(C)nc(SCC(=O)N(C)CCC(=O)O)n1. The van der Waals surface area contributed by atoms with Crippen molar-refractivity contribution in [3.8, 4) is 0 Å². The molecular weight excluding hydrogens is 266 g/mol. The van der Waals surface area contributed by atoms with Crippen LogP contribution in [0.4, 0.5) is 0 Å². The van der Waals surface area contributed by atoms with Crippen molar-refractivity contribution in [2.45, 2.75) is 25.4 Å². The molecule has 19 heavy (non-hydrogen) atoms. The maximum atomic E-state index is 11.8. The number of aryl methyl sites for hydroxylation is 2. The second kappa shape index (κ2) is 7.08. The number of hydrogen-bond donors (Lipinski definition) is 1. The minimum Gasteiger partial charge on any atom is -0.481 e. The molecule has 1 aromatic heterocycles. The fourth-order valence-electron chi connectivity index (χ4n) is 1.38. The number of aromatic nitrogens is 2. The Morgan fingerprint density at radius 3 is 2.42 bits per heavy atom. The molecule has 0 bridgehead atoms. The van der Waals surface area contributed by atoms with Gasteiger partial charge in [0.2, 0.25) is 5.91 Å². The first-order valence-electron chi connectivity index (χ1n) is 5.79. The maximum absolute atomic E-state index is 11.8. The van der Waals surface area contributed by atoms with E-state index in [1.165, 1.54) is 16.7 Å². The highest BCUT2D eigenvalue weighted by molar-refractivity contribution is 7.99. The van der Waals surface area contributed by atoms with Gasteiger partial charge >= 0.3 is 5.97 Å². The Hall–Kier alpha value is -1.63. The minimum absolute atomic E-state index is 0.0487. The van der Waals surface area contributed by atoms with Crippen molar-refractivity contribution in [3.05, 3.63) is 17.5 Å². The molecule has 0 unspecified atom stereocenters. The van der Waals surface area contributed by atoms with E-state index < -0.39 is 5.97 Å². The quantitative estimate of drug-likeness (QED) is 0.622. The molecule has 0 aliphatic carbocycles. The molecule has 1 rings (SSSR count). The number of nitrogens with zero attached hydrogens (tertiary/aromatic N) is 3. The second-order valence-electron chi connectivity index (χ2n) is 4.18. The maximum Gasteiger partial charge on any atom is 0.305 e. The Kier molecular flexibility index (Phi) is 5.75. The number of amides is 1. The lowest BCUT2D eigenvalue weighted by Gasteiger charge is -2.15. The van der Waals surface area contributed by atoms with Gasteiger partial charge in [-0.25, -0.2) is 9.97 Å². The second-order valence-corrected chi connectivity index (χ2v) is 5.12. The van der Waals surface area contributed by atoms with E-state index in [1.807, 2.05) is 19.9 Å². The highest BCUT2D eigenvalue weighted by atomic mass is 32.2. The van der Waals surface area contributed by atoms with Crippen molar-refractivity contribution in [3.63, 3.8) is 0 Å². The molecule has 104 valence electrons. The fourth-order valence-corrected chi connectivity index (χ4v) is 2.27. The summed E-state index contributed by atoms with van der Waals surface area (Å²) in [5.41, 5.74) is 1.73. The first-order chi connectivity index (χ1) is 8.88. The van der Waals surface area contributed by atoms with Gasteiger partial charge in [0.15, 0.2) is 5.16 Å². The van der Waals surface area contributed by atoms with Gasteiger partial charge in [-0.15, -0.1) is 0 Å². The summed E-state index contributed by atoms with van der Waals surface area (Å²) in [4.78, 5) is 32.0. The van der Waals surface area contributed by atoms with Crippen molar-refractivity contribution < 1.29 is 14.7 Å². The molecule has 0 aromatic carbocycles. The normalized spacial score (nSPS) is 10.3. The average molecular weight is 283 g/mol. The van der Waals surface area contributed by atoms with Crippen molar-refractivity contribution in [2.24, 2.45) is 0 Å². The van der Waals surface area contributed by atoms with Crippen LogP contribution in [0.25, 0.3) is 0 Å². The van der Waals surface area contributed by atoms with Gasteiger partial charge in [0.05, 0.1) is 12.2 Å². The van der Waals surface area contributed by atoms with Crippen LogP contribution in [-0.4, -0.2) is 51.2 Å². The Morgan fingerprint density at radius 1 is 1.32 bits per heavy atom. The van der Waals surface area contributed by atoms with E-state index in [1.54, 1.807) is 7.05 Å². The van der Waals surface area contributed by atoms with Gasteiger partial charge in [0.1, 0.15) is 0 Å². The Bertz CT molecular complexity index is 459. The summed E-state index contributed by atoms with van der Waals surface area (Å²) in [5.74, 6) is -0.835. The van der Waals surface area contributed by atoms with Gasteiger partial charge in [0.25, 0.3) is 0 Å². The van der Waals surface area contributed by atoms with E-state index in [2.05, 4.69) is 9.97 Å². The molecule has 0 radical (unpaired) electrons. The van der Waals surface area contributed by atoms with Crippen LogP contribution in [-0.2, 0) is 9.59 Å². The molecule has 1 amide bonds. The summed E-state index contributed by atoms with van der Waals surface area (Å²) in [6.07, 6.45) is -0.0487. The van der Waals surface area contributed by atoms with E-state index in [0.717, 1.165) is 11.4 Å². The zero-order valence-electron chi connectivity index (χ0n) is 11.2. The van der Waals surface area contributed by atoms with Crippen molar-refractivity contribution in [2.75, 3.05) is 19.3 Å². The largest absolute Gasteiger partial charge is 0.481 e. The molecule has 1 aromatic rings. The first kappa shape index (κ1) is 15.4. The van der Waals surface area contributed by atoms with E-state index in [-0.39, 0.29) is 24.6 Å². The highest BCUT2D eigenvalue weighted by Crippen LogP contribution is 2.14. The fraction of sp³-hybridized carbons (Fsp3) is 0.500. The van der Waals surface area contributed by atoms with Gasteiger partial charge in [0, 0.05) is 25.0 Å². The number of carbonyl (C=O) groups is 2. The summed E-state index contributed by atoms with van der Waals surface area (Å²) in [7, 11) is 1.59. The van der Waals surface area contributed by atoms with Crippen LogP contribution in [0.3, 0.4) is 0 Å². The number of carboxylic acid groups (broad SMARTS) is 1. The third-order valence-corrected chi connectivity index (χ3v) is 3.21. The van der Waals surface area contributed by atoms with Crippen LogP contribution in [0.2, 0.25) is 0 Å². The van der Waals surface area contributed by atoms with Gasteiger partial charge in [-0.1, -0.05) is 11.8 Å². The lowest BCUT2D eigenvalue weighted by atomic mass is 10.4. The Labute approximate surface area is 116 Å². The molecule has 0 fully saturated rings. The van der Waals surface area contributed by atoms with Crippen LogP contribution in [0.1, 0.15) is 17.8 Å². The van der Waals surface area contributed by atoms with E-state index in [4.69, 9.17) is 5.11 Å². The molecule has 6 nitrogen and oxygen atoms in total. The topological polar surface area (TPSA) is 83.4 Å².